The van der Waals surface area contributed by atoms with E-state index in [0.717, 1.165) is 36.2 Å². The number of carbonyl (C=O) groups is 2. The standard InChI is InChI=1S/C27H42N2O9S2/c1-15-8-7-9-27(6)21(38-27)11-19(16(2)10-18-14-39-23(28-18)13-37-40(34,35)36)29-22(31)12-20(30)26(4,5)25(33)17(3)24(15)32/h10,14-15,17,19-21,24,30,32H,7-9,11-13H2,1-6H3,(H,29,31)(H,34,35,36)/t15?,17?,19?,20?,21?,24?,27-/m1/s1. The lowest BCUT2D eigenvalue weighted by Gasteiger charge is -2.34. The van der Waals surface area contributed by atoms with Crippen LogP contribution >= 0.6 is 11.3 Å². The molecular formula is C27H42N2O9S2. The lowest BCUT2D eigenvalue weighted by Crippen LogP contribution is -2.47. The Kier molecular flexibility index (Phi) is 10.4. The Morgan fingerprint density at radius 2 is 1.95 bits per heavy atom. The molecular weight excluding hydrogens is 560 g/mol. The second kappa shape index (κ2) is 12.6. The van der Waals surface area contributed by atoms with Gasteiger partial charge in [-0.05, 0) is 44.3 Å². The molecule has 1 amide bonds. The Bertz CT molecular complexity index is 1210. The Morgan fingerprint density at radius 1 is 1.27 bits per heavy atom. The van der Waals surface area contributed by atoms with Crippen molar-refractivity contribution in [2.75, 3.05) is 0 Å². The summed E-state index contributed by atoms with van der Waals surface area (Å²) < 4.78 is 40.9. The Hall–Kier alpha value is -1.74. The predicted octanol–water partition coefficient (Wildman–Crippen LogP) is 3.06. The quantitative estimate of drug-likeness (QED) is 0.289. The number of carbonyl (C=O) groups excluding carboxylic acids is 2. The highest BCUT2D eigenvalue weighted by Crippen LogP contribution is 2.44. The Balaban J connectivity index is 1.83. The van der Waals surface area contributed by atoms with Crippen molar-refractivity contribution >= 4 is 39.5 Å². The summed E-state index contributed by atoms with van der Waals surface area (Å²) in [6, 6.07) is -0.447. The number of nitrogens with zero attached hydrogens (tertiary/aromatic N) is 1. The van der Waals surface area contributed by atoms with Crippen LogP contribution in [0.5, 0.6) is 0 Å². The van der Waals surface area contributed by atoms with Crippen LogP contribution in [0.1, 0.15) is 84.3 Å². The highest BCUT2D eigenvalue weighted by atomic mass is 32.3. The Labute approximate surface area is 240 Å². The van der Waals surface area contributed by atoms with Crippen molar-refractivity contribution in [1.29, 1.82) is 0 Å². The number of thiazole rings is 1. The van der Waals surface area contributed by atoms with Gasteiger partial charge in [0, 0.05) is 17.7 Å². The number of epoxide rings is 1. The Morgan fingerprint density at radius 3 is 2.60 bits per heavy atom. The number of aliphatic hydroxyl groups is 2. The fraction of sp³-hybridized carbons (Fsp3) is 0.741. The highest BCUT2D eigenvalue weighted by Gasteiger charge is 2.52. The van der Waals surface area contributed by atoms with E-state index in [1.165, 1.54) is 0 Å². The molecule has 2 aliphatic rings. The van der Waals surface area contributed by atoms with Gasteiger partial charge in [-0.3, -0.25) is 14.1 Å². The van der Waals surface area contributed by atoms with Crippen LogP contribution in [0.15, 0.2) is 11.0 Å². The van der Waals surface area contributed by atoms with Crippen molar-refractivity contribution in [3.8, 4) is 0 Å². The molecule has 0 saturated carbocycles. The van der Waals surface area contributed by atoms with Crippen molar-refractivity contribution in [3.05, 3.63) is 21.7 Å². The van der Waals surface area contributed by atoms with Gasteiger partial charge < -0.3 is 20.3 Å². The van der Waals surface area contributed by atoms with Crippen LogP contribution in [0.25, 0.3) is 6.08 Å². The summed E-state index contributed by atoms with van der Waals surface area (Å²) in [5.41, 5.74) is -0.302. The molecule has 3 rings (SSSR count). The van der Waals surface area contributed by atoms with Gasteiger partial charge in [0.15, 0.2) is 0 Å². The molecule has 11 nitrogen and oxygen atoms in total. The smallest absolute Gasteiger partial charge is 0.392 e. The fourth-order valence-electron chi connectivity index (χ4n) is 5.33. The van der Waals surface area contributed by atoms with E-state index < -0.39 is 52.5 Å². The van der Waals surface area contributed by atoms with Gasteiger partial charge in [0.2, 0.25) is 5.91 Å². The second-order valence-electron chi connectivity index (χ2n) is 12.0. The zero-order valence-electron chi connectivity index (χ0n) is 23.9. The van der Waals surface area contributed by atoms with Crippen molar-refractivity contribution < 1.29 is 41.7 Å². The van der Waals surface area contributed by atoms with E-state index in [1.54, 1.807) is 32.2 Å². The third-order valence-electron chi connectivity index (χ3n) is 8.33. The molecule has 0 radical (unpaired) electrons. The van der Waals surface area contributed by atoms with E-state index in [0.29, 0.717) is 17.1 Å². The van der Waals surface area contributed by atoms with Crippen molar-refractivity contribution in [2.45, 2.75) is 110 Å². The predicted molar refractivity (Wildman–Crippen MR) is 150 cm³/mol. The molecule has 0 aliphatic carbocycles. The SMILES string of the molecule is CC(=Cc1csc(COS(=O)(=O)O)n1)C1CC2O[C@]2(C)CCCC(C)C(O)C(C)C(=O)C(C)(C)C(O)CC(=O)N1. The maximum absolute atomic E-state index is 13.3. The minimum atomic E-state index is -4.58. The third-order valence-corrected chi connectivity index (χ3v) is 9.59. The van der Waals surface area contributed by atoms with E-state index in [1.807, 2.05) is 20.8 Å². The number of rotatable bonds is 5. The van der Waals surface area contributed by atoms with Gasteiger partial charge in [-0.15, -0.1) is 11.3 Å². The van der Waals surface area contributed by atoms with Gasteiger partial charge >= 0.3 is 10.4 Å². The molecule has 7 atom stereocenters. The average Bonchev–Trinajstić information content (AvgIpc) is 3.26. The van der Waals surface area contributed by atoms with Gasteiger partial charge in [-0.25, -0.2) is 9.17 Å². The van der Waals surface area contributed by atoms with E-state index >= 15 is 0 Å². The number of amides is 1. The van der Waals surface area contributed by atoms with Crippen LogP contribution in [-0.4, -0.2) is 69.8 Å². The number of fused-ring (bicyclic) bond motifs is 1. The van der Waals surface area contributed by atoms with Gasteiger partial charge in [-0.2, -0.15) is 8.42 Å². The maximum Gasteiger partial charge on any atom is 0.397 e. The van der Waals surface area contributed by atoms with E-state index in [4.69, 9.17) is 9.29 Å². The topological polar surface area (TPSA) is 176 Å². The number of aromatic nitrogens is 1. The normalized spacial score (nSPS) is 34.7. The summed E-state index contributed by atoms with van der Waals surface area (Å²) in [6.07, 6.45) is 2.04. The van der Waals surface area contributed by atoms with Gasteiger partial charge in [0.25, 0.3) is 0 Å². The molecule has 4 N–H and O–H groups in total. The van der Waals surface area contributed by atoms with E-state index in [-0.39, 0.29) is 29.8 Å². The number of hydrogen-bond acceptors (Lipinski definition) is 10. The highest BCUT2D eigenvalue weighted by molar-refractivity contribution is 7.80. The zero-order chi connectivity index (χ0) is 30.0. The van der Waals surface area contributed by atoms with Gasteiger partial charge in [0.05, 0.1) is 47.5 Å². The fourth-order valence-corrected chi connectivity index (χ4v) is 6.32. The van der Waals surface area contributed by atoms with Crippen molar-refractivity contribution in [3.63, 3.8) is 0 Å². The maximum atomic E-state index is 13.3. The van der Waals surface area contributed by atoms with Crippen LogP contribution in [0.3, 0.4) is 0 Å². The first-order valence-corrected chi connectivity index (χ1v) is 15.8. The molecule has 2 fully saturated rings. The van der Waals surface area contributed by atoms with Crippen LogP contribution in [0.2, 0.25) is 0 Å². The zero-order valence-corrected chi connectivity index (χ0v) is 25.5. The third kappa shape index (κ3) is 8.40. The molecule has 3 heterocycles. The molecule has 2 aliphatic heterocycles. The summed E-state index contributed by atoms with van der Waals surface area (Å²) in [4.78, 5) is 30.7. The summed E-state index contributed by atoms with van der Waals surface area (Å²) in [5.74, 6) is -1.53. The number of aliphatic hydroxyl groups excluding tert-OH is 2. The number of Topliss-reactive ketones (excluding diaryl/α,β-unsaturated/α-hetero) is 1. The summed E-state index contributed by atoms with van der Waals surface area (Å²) in [5, 5.41) is 26.8. The van der Waals surface area contributed by atoms with Crippen LogP contribution < -0.4 is 5.32 Å². The first-order chi connectivity index (χ1) is 18.4. The molecule has 1 aromatic heterocycles. The number of ether oxygens (including phenoxy) is 1. The van der Waals surface area contributed by atoms with E-state index in [2.05, 4.69) is 14.5 Å². The van der Waals surface area contributed by atoms with Crippen LogP contribution in [-0.2, 0) is 35.5 Å². The van der Waals surface area contributed by atoms with Crippen molar-refractivity contribution in [1.82, 2.24) is 10.3 Å². The van der Waals surface area contributed by atoms with Crippen molar-refractivity contribution in [2.24, 2.45) is 17.3 Å². The average molecular weight is 603 g/mol. The first kappa shape index (κ1) is 32.8. The van der Waals surface area contributed by atoms with Gasteiger partial charge in [0.1, 0.15) is 17.4 Å². The first-order valence-electron chi connectivity index (χ1n) is 13.5. The van der Waals surface area contributed by atoms with Crippen LogP contribution in [0.4, 0.5) is 0 Å². The molecule has 1 aromatic rings. The number of nitrogens with one attached hydrogen (secondary N) is 1. The van der Waals surface area contributed by atoms with E-state index in [9.17, 15) is 28.2 Å². The molecule has 0 spiro atoms. The largest absolute Gasteiger partial charge is 0.397 e. The molecule has 0 aromatic carbocycles. The molecule has 0 bridgehead atoms. The lowest BCUT2D eigenvalue weighted by molar-refractivity contribution is -0.143. The minimum absolute atomic E-state index is 0.106. The number of ketones is 1. The molecule has 226 valence electrons. The molecule has 13 heteroatoms. The molecule has 2 saturated heterocycles. The van der Waals surface area contributed by atoms with Gasteiger partial charge in [-0.1, -0.05) is 34.1 Å². The summed E-state index contributed by atoms with van der Waals surface area (Å²) in [7, 11) is -4.58. The summed E-state index contributed by atoms with van der Waals surface area (Å²) in [6.45, 7) is 10.3. The monoisotopic (exact) mass is 602 g/mol. The molecule has 40 heavy (non-hydrogen) atoms. The second-order valence-corrected chi connectivity index (χ2v) is 14.0. The lowest BCUT2D eigenvalue weighted by atomic mass is 9.72. The van der Waals surface area contributed by atoms with Crippen LogP contribution in [0, 0.1) is 17.3 Å². The molecule has 6 unspecified atom stereocenters. The minimum Gasteiger partial charge on any atom is -0.392 e. The number of hydrogen-bond donors (Lipinski definition) is 4. The summed E-state index contributed by atoms with van der Waals surface area (Å²) >= 11 is 1.16.